The summed E-state index contributed by atoms with van der Waals surface area (Å²) in [5, 5.41) is 24.3. The molecule has 176 valence electrons. The number of hydrogen-bond donors (Lipinski definition) is 0. The summed E-state index contributed by atoms with van der Waals surface area (Å²) < 4.78 is 9.33. The lowest BCUT2D eigenvalue weighted by Gasteiger charge is -2.06. The van der Waals surface area contributed by atoms with Crippen molar-refractivity contribution in [2.24, 2.45) is 0 Å². The molecular weight excluding hydrogens is 452 g/mol. The maximum atomic E-state index is 13.0. The van der Waals surface area contributed by atoms with Gasteiger partial charge in [-0.3, -0.25) is 0 Å². The van der Waals surface area contributed by atoms with Crippen molar-refractivity contribution in [1.29, 1.82) is 5.26 Å². The van der Waals surface area contributed by atoms with Crippen molar-refractivity contribution < 1.29 is 4.42 Å². The van der Waals surface area contributed by atoms with E-state index >= 15 is 0 Å². The highest BCUT2D eigenvalue weighted by atomic mass is 16.4. The second-order valence-corrected chi connectivity index (χ2v) is 8.77. The largest absolute Gasteiger partial charge is 0.422 e. The first-order valence-corrected chi connectivity index (χ1v) is 11.9. The summed E-state index contributed by atoms with van der Waals surface area (Å²) in [4.78, 5) is 13.0. The number of aryl methyl sites for hydroxylation is 1. The van der Waals surface area contributed by atoms with Crippen LogP contribution in [0.4, 0.5) is 0 Å². The monoisotopic (exact) mass is 474 g/mol. The van der Waals surface area contributed by atoms with Gasteiger partial charge in [-0.25, -0.2) is 9.48 Å². The maximum absolute atomic E-state index is 13.0. The molecule has 5 aromatic rings. The van der Waals surface area contributed by atoms with E-state index in [2.05, 4.69) is 16.3 Å². The molecule has 36 heavy (non-hydrogen) atoms. The van der Waals surface area contributed by atoms with E-state index in [0.717, 1.165) is 49.1 Å². The summed E-state index contributed by atoms with van der Waals surface area (Å²) in [6.45, 7) is 0.779. The van der Waals surface area contributed by atoms with Crippen molar-refractivity contribution in [2.75, 3.05) is 0 Å². The molecule has 0 saturated carbocycles. The number of aromatic nitrogens is 5. The van der Waals surface area contributed by atoms with E-state index in [1.807, 2.05) is 59.3 Å². The predicted molar refractivity (Wildman–Crippen MR) is 136 cm³/mol. The number of allylic oxidation sites excluding steroid dienone is 1. The number of nitrogens with zero attached hydrogens (tertiary/aromatic N) is 6. The average Bonchev–Trinajstić information content (AvgIpc) is 3.43. The molecule has 6 rings (SSSR count). The molecule has 0 amide bonds. The first kappa shape index (κ1) is 21.7. The molecule has 0 spiro atoms. The second-order valence-electron chi connectivity index (χ2n) is 8.77. The number of para-hydroxylation sites is 2. The zero-order valence-electron chi connectivity index (χ0n) is 19.5. The fourth-order valence-corrected chi connectivity index (χ4v) is 4.63. The first-order valence-electron chi connectivity index (χ1n) is 11.9. The fourth-order valence-electron chi connectivity index (χ4n) is 4.63. The van der Waals surface area contributed by atoms with Crippen LogP contribution < -0.4 is 5.63 Å². The Balaban J connectivity index is 1.54. The van der Waals surface area contributed by atoms with Gasteiger partial charge < -0.3 is 8.98 Å². The van der Waals surface area contributed by atoms with Crippen molar-refractivity contribution >= 4 is 22.6 Å². The Labute approximate surface area is 206 Å². The fraction of sp³-hybridized carbons (Fsp3) is 0.179. The van der Waals surface area contributed by atoms with Crippen LogP contribution in [-0.2, 0) is 13.0 Å². The number of fused-ring (bicyclic) bond motifs is 2. The van der Waals surface area contributed by atoms with Crippen LogP contribution in [-0.4, -0.2) is 24.5 Å². The van der Waals surface area contributed by atoms with E-state index in [1.165, 1.54) is 0 Å². The average molecular weight is 475 g/mol. The third kappa shape index (κ3) is 3.91. The molecule has 2 aromatic carbocycles. The normalized spacial score (nSPS) is 13.8. The van der Waals surface area contributed by atoms with Gasteiger partial charge in [0.15, 0.2) is 5.82 Å². The molecule has 0 bridgehead atoms. The lowest BCUT2D eigenvalue weighted by molar-refractivity contribution is 0.563. The molecule has 0 aliphatic carbocycles. The van der Waals surface area contributed by atoms with Crippen LogP contribution in [0.15, 0.2) is 76.1 Å². The van der Waals surface area contributed by atoms with Gasteiger partial charge in [-0.15, -0.1) is 10.2 Å². The van der Waals surface area contributed by atoms with Crippen molar-refractivity contribution in [3.05, 3.63) is 94.5 Å². The molecular formula is C28H22N6O2. The Kier molecular flexibility index (Phi) is 5.51. The molecule has 0 fully saturated rings. The Hall–Kier alpha value is -4.77. The zero-order valence-corrected chi connectivity index (χ0v) is 19.5. The standard InChI is InChI=1S/C28H22N6O2/c29-17-20(27-31-30-25-13-5-2-8-14-33(25)27)15-21-18-34(22-10-3-1-4-11-22)32-26(21)23-16-19-9-6-7-12-24(19)36-28(23)35/h1,3-4,6-7,9-12,15-16,18H,2,5,8,13-14H2. The van der Waals surface area contributed by atoms with E-state index in [0.29, 0.717) is 33.8 Å². The third-order valence-electron chi connectivity index (χ3n) is 6.43. The second kappa shape index (κ2) is 9.12. The van der Waals surface area contributed by atoms with Crippen molar-refractivity contribution in [2.45, 2.75) is 32.2 Å². The Morgan fingerprint density at radius 2 is 1.86 bits per heavy atom. The predicted octanol–water partition coefficient (Wildman–Crippen LogP) is 5.03. The smallest absolute Gasteiger partial charge is 0.345 e. The number of rotatable bonds is 4. The summed E-state index contributed by atoms with van der Waals surface area (Å²) in [7, 11) is 0. The van der Waals surface area contributed by atoms with Crippen molar-refractivity contribution in [1.82, 2.24) is 24.5 Å². The highest BCUT2D eigenvalue weighted by Gasteiger charge is 2.21. The molecule has 4 heterocycles. The van der Waals surface area contributed by atoms with Crippen LogP contribution in [0.1, 0.15) is 36.5 Å². The van der Waals surface area contributed by atoms with Crippen molar-refractivity contribution in [3.63, 3.8) is 0 Å². The summed E-state index contributed by atoms with van der Waals surface area (Å²) in [6, 6.07) is 21.1. The van der Waals surface area contributed by atoms with Crippen molar-refractivity contribution in [3.8, 4) is 23.0 Å². The van der Waals surface area contributed by atoms with E-state index in [4.69, 9.17) is 9.52 Å². The SMILES string of the molecule is N#CC(=Cc1cn(-c2ccccc2)nc1-c1cc2ccccc2oc1=O)c1nnc2n1CCCCC2. The van der Waals surface area contributed by atoms with Gasteiger partial charge in [0, 0.05) is 30.1 Å². The lowest BCUT2D eigenvalue weighted by atomic mass is 10.1. The van der Waals surface area contributed by atoms with E-state index < -0.39 is 5.63 Å². The van der Waals surface area contributed by atoms with Gasteiger partial charge in [0.05, 0.1) is 16.8 Å². The van der Waals surface area contributed by atoms with Gasteiger partial charge >= 0.3 is 5.63 Å². The molecule has 0 unspecified atom stereocenters. The highest BCUT2D eigenvalue weighted by Crippen LogP contribution is 2.28. The van der Waals surface area contributed by atoms with E-state index in [9.17, 15) is 10.1 Å². The van der Waals surface area contributed by atoms with Crippen LogP contribution >= 0.6 is 0 Å². The van der Waals surface area contributed by atoms with Crippen LogP contribution in [0.25, 0.3) is 39.6 Å². The minimum Gasteiger partial charge on any atom is -0.422 e. The van der Waals surface area contributed by atoms with Crippen LogP contribution in [0.2, 0.25) is 0 Å². The topological polar surface area (TPSA) is 103 Å². The number of nitriles is 1. The molecule has 0 N–H and O–H groups in total. The first-order chi connectivity index (χ1) is 17.7. The number of benzene rings is 2. The molecule has 1 aliphatic rings. The van der Waals surface area contributed by atoms with Gasteiger partial charge in [0.25, 0.3) is 0 Å². The molecule has 0 saturated heterocycles. The van der Waals surface area contributed by atoms with Crippen LogP contribution in [0.3, 0.4) is 0 Å². The summed E-state index contributed by atoms with van der Waals surface area (Å²) >= 11 is 0. The Bertz CT molecular complexity index is 1700. The van der Waals surface area contributed by atoms with Gasteiger partial charge in [0.1, 0.15) is 23.2 Å². The summed E-state index contributed by atoms with van der Waals surface area (Å²) in [5.41, 5.74) is 2.59. The molecule has 1 aliphatic heterocycles. The number of hydrogen-bond acceptors (Lipinski definition) is 6. The minimum atomic E-state index is -0.489. The van der Waals surface area contributed by atoms with E-state index in [1.54, 1.807) is 22.9 Å². The van der Waals surface area contributed by atoms with E-state index in [-0.39, 0.29) is 0 Å². The zero-order chi connectivity index (χ0) is 24.5. The Morgan fingerprint density at radius 1 is 1.03 bits per heavy atom. The highest BCUT2D eigenvalue weighted by molar-refractivity contribution is 5.91. The third-order valence-corrected chi connectivity index (χ3v) is 6.43. The lowest BCUT2D eigenvalue weighted by Crippen LogP contribution is -2.05. The minimum absolute atomic E-state index is 0.326. The maximum Gasteiger partial charge on any atom is 0.345 e. The van der Waals surface area contributed by atoms with Gasteiger partial charge in [0.2, 0.25) is 0 Å². The molecule has 8 heteroatoms. The molecule has 0 atom stereocenters. The van der Waals surface area contributed by atoms with Gasteiger partial charge in [-0.1, -0.05) is 42.8 Å². The molecule has 8 nitrogen and oxygen atoms in total. The quantitative estimate of drug-likeness (QED) is 0.267. The van der Waals surface area contributed by atoms with Crippen LogP contribution in [0.5, 0.6) is 0 Å². The Morgan fingerprint density at radius 3 is 2.72 bits per heavy atom. The molecule has 3 aromatic heterocycles. The van der Waals surface area contributed by atoms with Crippen LogP contribution in [0, 0.1) is 11.3 Å². The summed E-state index contributed by atoms with van der Waals surface area (Å²) in [5.74, 6) is 1.44. The molecule has 0 radical (unpaired) electrons. The summed E-state index contributed by atoms with van der Waals surface area (Å²) in [6.07, 6.45) is 7.61. The van der Waals surface area contributed by atoms with Gasteiger partial charge in [-0.05, 0) is 43.2 Å². The van der Waals surface area contributed by atoms with Gasteiger partial charge in [-0.2, -0.15) is 10.4 Å².